The van der Waals surface area contributed by atoms with Gasteiger partial charge in [-0.1, -0.05) is 170 Å². The average Bonchev–Trinajstić information content (AvgIpc) is 3.71. The Labute approximate surface area is 321 Å². The molecule has 0 aliphatic rings. The summed E-state index contributed by atoms with van der Waals surface area (Å²) in [4.78, 5) is 7.39. The molecule has 3 nitrogen and oxygen atoms in total. The van der Waals surface area contributed by atoms with Crippen LogP contribution < -0.4 is 25.6 Å². The number of anilines is 3. The van der Waals surface area contributed by atoms with E-state index in [4.69, 9.17) is 9.40 Å². The summed E-state index contributed by atoms with van der Waals surface area (Å²) in [5.74, 6) is 0.625. The fourth-order valence-electron chi connectivity index (χ4n) is 8.37. The molecule has 10 aromatic rings. The van der Waals surface area contributed by atoms with Gasteiger partial charge >= 0.3 is 0 Å². The van der Waals surface area contributed by atoms with E-state index in [0.29, 0.717) is 5.89 Å². The standard InChI is InChI=1S/C51H36N2OSi/c1-6-18-39(19-7-1)51-52-46-35-33-38-31-30-37-32-34-41(36-45(37)49(38)50(46)54-51)53(40-20-8-2-9-21-40)47-28-16-17-29-48(47)55(42-22-10-3-11-23-42,43-24-12-4-13-25-43)44-26-14-5-15-27-44/h1-36H. The monoisotopic (exact) mass is 720 g/mol. The summed E-state index contributed by atoms with van der Waals surface area (Å²) in [6, 6.07) is 78.8. The molecular formula is C51H36N2OSi. The number of nitrogens with zero attached hydrogens (tertiary/aromatic N) is 2. The van der Waals surface area contributed by atoms with Gasteiger partial charge in [0.05, 0.1) is 0 Å². The van der Waals surface area contributed by atoms with Gasteiger partial charge in [-0.05, 0) is 85.4 Å². The van der Waals surface area contributed by atoms with Crippen LogP contribution in [0.2, 0.25) is 0 Å². The van der Waals surface area contributed by atoms with Gasteiger partial charge in [0, 0.05) is 28.0 Å². The van der Waals surface area contributed by atoms with E-state index in [-0.39, 0.29) is 0 Å². The van der Waals surface area contributed by atoms with Crippen molar-refractivity contribution in [2.45, 2.75) is 0 Å². The topological polar surface area (TPSA) is 29.3 Å². The second kappa shape index (κ2) is 13.8. The van der Waals surface area contributed by atoms with Crippen LogP contribution in [-0.4, -0.2) is 13.1 Å². The Balaban J connectivity index is 1.27. The number of hydrogen-bond donors (Lipinski definition) is 0. The number of rotatable bonds is 8. The molecule has 0 saturated heterocycles. The molecule has 0 radical (unpaired) electrons. The second-order valence-electron chi connectivity index (χ2n) is 13.9. The van der Waals surface area contributed by atoms with Crippen LogP contribution in [0, 0.1) is 0 Å². The van der Waals surface area contributed by atoms with E-state index in [1.807, 2.05) is 30.3 Å². The molecule has 0 spiro atoms. The fourth-order valence-corrected chi connectivity index (χ4v) is 13.3. The number of para-hydroxylation sites is 2. The molecule has 0 fully saturated rings. The van der Waals surface area contributed by atoms with Gasteiger partial charge in [-0.25, -0.2) is 4.98 Å². The number of benzene rings is 9. The van der Waals surface area contributed by atoms with E-state index in [2.05, 4.69) is 193 Å². The van der Waals surface area contributed by atoms with E-state index in [1.165, 1.54) is 20.7 Å². The summed E-state index contributed by atoms with van der Waals surface area (Å²) in [6.45, 7) is 0. The maximum absolute atomic E-state index is 6.64. The molecule has 260 valence electrons. The highest BCUT2D eigenvalue weighted by Gasteiger charge is 2.43. The van der Waals surface area contributed by atoms with Crippen molar-refractivity contribution in [2.75, 3.05) is 4.90 Å². The van der Waals surface area contributed by atoms with Crippen molar-refractivity contribution in [3.05, 3.63) is 218 Å². The SMILES string of the molecule is c1ccc(-c2nc3ccc4ccc5ccc(N(c6ccccc6)c6ccccc6[Si](c6ccccc6)(c6ccccc6)c6ccccc6)cc5c4c3o2)cc1. The highest BCUT2D eigenvalue weighted by molar-refractivity contribution is 7.20. The smallest absolute Gasteiger partial charge is 0.227 e. The lowest BCUT2D eigenvalue weighted by molar-refractivity contribution is 0.623. The molecule has 0 aliphatic carbocycles. The summed E-state index contributed by atoms with van der Waals surface area (Å²) < 4.78 is 6.64. The normalized spacial score (nSPS) is 11.6. The molecule has 1 aromatic heterocycles. The van der Waals surface area contributed by atoms with Gasteiger partial charge in [0.1, 0.15) is 5.52 Å². The Morgan fingerprint density at radius 1 is 0.436 bits per heavy atom. The van der Waals surface area contributed by atoms with Crippen molar-refractivity contribution < 1.29 is 4.42 Å². The summed E-state index contributed by atoms with van der Waals surface area (Å²) in [5.41, 5.74) is 5.90. The highest BCUT2D eigenvalue weighted by Crippen LogP contribution is 2.40. The zero-order chi connectivity index (χ0) is 36.6. The number of aromatic nitrogens is 1. The van der Waals surface area contributed by atoms with Crippen molar-refractivity contribution in [3.63, 3.8) is 0 Å². The molecule has 0 saturated carbocycles. The van der Waals surface area contributed by atoms with E-state index in [9.17, 15) is 0 Å². The second-order valence-corrected chi connectivity index (χ2v) is 17.7. The van der Waals surface area contributed by atoms with Crippen molar-refractivity contribution >= 4 is 78.5 Å². The molecule has 0 aliphatic heterocycles. The molecule has 10 rings (SSSR count). The lowest BCUT2D eigenvalue weighted by atomic mass is 10.00. The van der Waals surface area contributed by atoms with Gasteiger partial charge in [-0.15, -0.1) is 0 Å². The van der Waals surface area contributed by atoms with Crippen LogP contribution in [0.4, 0.5) is 17.1 Å². The molecular weight excluding hydrogens is 685 g/mol. The van der Waals surface area contributed by atoms with Gasteiger partial charge in [0.2, 0.25) is 5.89 Å². The third-order valence-electron chi connectivity index (χ3n) is 10.8. The van der Waals surface area contributed by atoms with Crippen LogP contribution in [0.25, 0.3) is 44.1 Å². The molecule has 0 amide bonds. The van der Waals surface area contributed by atoms with E-state index in [0.717, 1.165) is 55.3 Å². The lowest BCUT2D eigenvalue weighted by Gasteiger charge is -2.38. The Kier molecular flexibility index (Phi) is 8.16. The highest BCUT2D eigenvalue weighted by atomic mass is 28.3. The minimum Gasteiger partial charge on any atom is -0.435 e. The number of hydrogen-bond acceptors (Lipinski definition) is 3. The van der Waals surface area contributed by atoms with Crippen molar-refractivity contribution in [1.82, 2.24) is 4.98 Å². The van der Waals surface area contributed by atoms with Crippen LogP contribution in [0.1, 0.15) is 0 Å². The zero-order valence-electron chi connectivity index (χ0n) is 30.1. The molecule has 55 heavy (non-hydrogen) atoms. The first-order valence-corrected chi connectivity index (χ1v) is 20.7. The summed E-state index contributed by atoms with van der Waals surface area (Å²) in [7, 11) is -2.90. The van der Waals surface area contributed by atoms with Gasteiger partial charge < -0.3 is 9.32 Å². The molecule has 0 unspecified atom stereocenters. The first-order valence-electron chi connectivity index (χ1n) is 18.7. The van der Waals surface area contributed by atoms with Gasteiger partial charge in [0.15, 0.2) is 13.7 Å². The molecule has 0 N–H and O–H groups in total. The third-order valence-corrected chi connectivity index (χ3v) is 15.6. The van der Waals surface area contributed by atoms with Crippen LogP contribution in [0.15, 0.2) is 223 Å². The number of fused-ring (bicyclic) bond motifs is 5. The first kappa shape index (κ1) is 32.6. The molecule has 1 heterocycles. The first-order chi connectivity index (χ1) is 27.3. The fraction of sp³-hybridized carbons (Fsp3) is 0. The Bertz CT molecular complexity index is 2820. The zero-order valence-corrected chi connectivity index (χ0v) is 31.1. The van der Waals surface area contributed by atoms with Gasteiger partial charge in [0.25, 0.3) is 0 Å². The Morgan fingerprint density at radius 2 is 0.945 bits per heavy atom. The average molecular weight is 721 g/mol. The quantitative estimate of drug-likeness (QED) is 0.0889. The Hall–Kier alpha value is -7.01. The minimum atomic E-state index is -2.90. The van der Waals surface area contributed by atoms with Crippen LogP contribution in [-0.2, 0) is 0 Å². The van der Waals surface area contributed by atoms with Gasteiger partial charge in [-0.2, -0.15) is 0 Å². The van der Waals surface area contributed by atoms with Crippen LogP contribution in [0.3, 0.4) is 0 Å². The summed E-state index contributed by atoms with van der Waals surface area (Å²) >= 11 is 0. The summed E-state index contributed by atoms with van der Waals surface area (Å²) in [5, 5.41) is 9.75. The van der Waals surface area contributed by atoms with E-state index in [1.54, 1.807) is 0 Å². The van der Waals surface area contributed by atoms with Crippen molar-refractivity contribution in [2.24, 2.45) is 0 Å². The van der Waals surface area contributed by atoms with E-state index < -0.39 is 8.07 Å². The minimum absolute atomic E-state index is 0.625. The van der Waals surface area contributed by atoms with E-state index >= 15 is 0 Å². The van der Waals surface area contributed by atoms with Crippen LogP contribution in [0.5, 0.6) is 0 Å². The summed E-state index contributed by atoms with van der Waals surface area (Å²) in [6.07, 6.45) is 0. The maximum Gasteiger partial charge on any atom is 0.227 e. The molecule has 0 bridgehead atoms. The number of oxazole rings is 1. The largest absolute Gasteiger partial charge is 0.435 e. The van der Waals surface area contributed by atoms with Gasteiger partial charge in [-0.3, -0.25) is 0 Å². The third kappa shape index (κ3) is 5.54. The maximum atomic E-state index is 6.64. The van der Waals surface area contributed by atoms with Crippen molar-refractivity contribution in [1.29, 1.82) is 0 Å². The van der Waals surface area contributed by atoms with Crippen LogP contribution >= 0.6 is 0 Å². The molecule has 9 aromatic carbocycles. The molecule has 4 heteroatoms. The predicted molar refractivity (Wildman–Crippen MR) is 233 cm³/mol. The lowest BCUT2D eigenvalue weighted by Crippen LogP contribution is -2.75. The van der Waals surface area contributed by atoms with Crippen molar-refractivity contribution in [3.8, 4) is 11.5 Å². The predicted octanol–water partition coefficient (Wildman–Crippen LogP) is 10.6. The molecule has 0 atom stereocenters. The Morgan fingerprint density at radius 3 is 1.58 bits per heavy atom.